The summed E-state index contributed by atoms with van der Waals surface area (Å²) in [5, 5.41) is 1.44. The molecule has 0 N–H and O–H groups in total. The Hall–Kier alpha value is -3.97. The number of rotatable bonds is 9. The van der Waals surface area contributed by atoms with Gasteiger partial charge in [-0.3, -0.25) is 9.69 Å². The molecule has 202 valence electrons. The van der Waals surface area contributed by atoms with Crippen LogP contribution in [0.4, 0.5) is 8.78 Å². The molecule has 1 heterocycles. The largest absolute Gasteiger partial charge is 0.497 e. The third-order valence-corrected chi connectivity index (χ3v) is 7.23. The van der Waals surface area contributed by atoms with Crippen LogP contribution >= 0.6 is 0 Å². The lowest BCUT2D eigenvalue weighted by Crippen LogP contribution is -2.33. The highest BCUT2D eigenvalue weighted by Crippen LogP contribution is 2.39. The second-order valence-corrected chi connectivity index (χ2v) is 9.65. The van der Waals surface area contributed by atoms with Crippen molar-refractivity contribution < 1.29 is 27.8 Å². The van der Waals surface area contributed by atoms with E-state index in [2.05, 4.69) is 4.90 Å². The van der Waals surface area contributed by atoms with E-state index in [1.807, 2.05) is 12.1 Å². The summed E-state index contributed by atoms with van der Waals surface area (Å²) in [4.78, 5) is 16.4. The van der Waals surface area contributed by atoms with Crippen molar-refractivity contribution in [3.63, 3.8) is 0 Å². The minimum atomic E-state index is -1.02. The lowest BCUT2D eigenvalue weighted by atomic mass is 9.89. The highest BCUT2D eigenvalue weighted by atomic mass is 19.2. The molecule has 7 heteroatoms. The molecule has 1 fully saturated rings. The minimum absolute atomic E-state index is 0.133. The van der Waals surface area contributed by atoms with Gasteiger partial charge in [-0.2, -0.15) is 0 Å². The summed E-state index contributed by atoms with van der Waals surface area (Å²) in [7, 11) is 2.96. The summed E-state index contributed by atoms with van der Waals surface area (Å²) in [6, 6.07) is 18.0. The Bertz CT molecular complexity index is 1480. The Balaban J connectivity index is 1.49. The Morgan fingerprint density at radius 2 is 1.51 bits per heavy atom. The smallest absolute Gasteiger partial charge is 0.194 e. The molecule has 1 aliphatic heterocycles. The Morgan fingerprint density at radius 3 is 2.23 bits per heavy atom. The highest BCUT2D eigenvalue weighted by molar-refractivity contribution is 6.20. The van der Waals surface area contributed by atoms with E-state index in [0.29, 0.717) is 40.2 Å². The molecule has 0 unspecified atom stereocenters. The quantitative estimate of drug-likeness (QED) is 0.220. The van der Waals surface area contributed by atoms with Crippen LogP contribution in [0.3, 0.4) is 0 Å². The first-order valence-corrected chi connectivity index (χ1v) is 13.1. The van der Waals surface area contributed by atoms with E-state index in [1.54, 1.807) is 49.6 Å². The van der Waals surface area contributed by atoms with Gasteiger partial charge >= 0.3 is 0 Å². The van der Waals surface area contributed by atoms with Gasteiger partial charge in [0.2, 0.25) is 0 Å². The zero-order valence-electron chi connectivity index (χ0n) is 22.1. The lowest BCUT2D eigenvalue weighted by Gasteiger charge is -2.26. The third kappa shape index (κ3) is 5.73. The SMILES string of the molecule is COc1ccc2c(C(=O)c3ccc(OCCN4CCCCC4)cc3)c(-c3cc(F)c(F)cc3OC)ccc2c1. The van der Waals surface area contributed by atoms with Crippen LogP contribution in [0, 0.1) is 11.6 Å². The second-order valence-electron chi connectivity index (χ2n) is 9.65. The van der Waals surface area contributed by atoms with Gasteiger partial charge in [0.25, 0.3) is 0 Å². The molecule has 4 aromatic rings. The maximum atomic E-state index is 14.4. The number of halogens is 2. The molecule has 0 bridgehead atoms. The monoisotopic (exact) mass is 531 g/mol. The number of nitrogens with zero attached hydrogens (tertiary/aromatic N) is 1. The molecule has 0 amide bonds. The van der Waals surface area contributed by atoms with Crippen LogP contribution in [-0.4, -0.2) is 51.1 Å². The standard InChI is InChI=1S/C32H31F2NO4/c1-37-24-11-13-25-22(18-24)8-12-26(27-19-28(33)29(34)20-30(27)38-2)31(25)32(36)21-6-9-23(10-7-21)39-17-16-35-14-4-3-5-15-35/h6-13,18-20H,3-5,14-17H2,1-2H3. The van der Waals surface area contributed by atoms with Crippen LogP contribution in [0.25, 0.3) is 21.9 Å². The van der Waals surface area contributed by atoms with E-state index in [9.17, 15) is 13.6 Å². The fourth-order valence-corrected chi connectivity index (χ4v) is 5.13. The molecule has 0 saturated carbocycles. The molecule has 4 aromatic carbocycles. The Labute approximate surface area is 226 Å². The average molecular weight is 532 g/mol. The summed E-state index contributed by atoms with van der Waals surface area (Å²) in [6.07, 6.45) is 3.76. The number of carbonyl (C=O) groups is 1. The predicted octanol–water partition coefficient (Wildman–Crippen LogP) is 6.90. The number of piperidine rings is 1. The van der Waals surface area contributed by atoms with E-state index < -0.39 is 11.6 Å². The van der Waals surface area contributed by atoms with Crippen molar-refractivity contribution >= 4 is 16.6 Å². The summed E-state index contributed by atoms with van der Waals surface area (Å²) in [5.41, 5.74) is 1.54. The van der Waals surface area contributed by atoms with Crippen LogP contribution in [0.5, 0.6) is 17.2 Å². The summed E-state index contributed by atoms with van der Waals surface area (Å²) >= 11 is 0. The summed E-state index contributed by atoms with van der Waals surface area (Å²) in [6.45, 7) is 3.68. The van der Waals surface area contributed by atoms with Crippen molar-refractivity contribution in [2.75, 3.05) is 40.5 Å². The molecule has 0 aliphatic carbocycles. The molecule has 0 radical (unpaired) electrons. The third-order valence-electron chi connectivity index (χ3n) is 7.23. The topological polar surface area (TPSA) is 48.0 Å². The summed E-state index contributed by atoms with van der Waals surface area (Å²) < 4.78 is 45.0. The van der Waals surface area contributed by atoms with Crippen molar-refractivity contribution in [3.8, 4) is 28.4 Å². The van der Waals surface area contributed by atoms with Crippen LogP contribution in [0.1, 0.15) is 35.2 Å². The minimum Gasteiger partial charge on any atom is -0.497 e. The molecular weight excluding hydrogens is 500 g/mol. The van der Waals surface area contributed by atoms with Crippen molar-refractivity contribution in [2.24, 2.45) is 0 Å². The number of ether oxygens (including phenoxy) is 3. The van der Waals surface area contributed by atoms with Gasteiger partial charge in [0.1, 0.15) is 23.9 Å². The van der Waals surface area contributed by atoms with Gasteiger partial charge < -0.3 is 14.2 Å². The zero-order chi connectivity index (χ0) is 27.4. The first-order chi connectivity index (χ1) is 19.0. The maximum absolute atomic E-state index is 14.4. The van der Waals surface area contributed by atoms with Crippen LogP contribution in [0.15, 0.2) is 66.7 Å². The molecule has 0 atom stereocenters. The number of hydrogen-bond donors (Lipinski definition) is 0. The van der Waals surface area contributed by atoms with Gasteiger partial charge in [0.05, 0.1) is 14.2 Å². The van der Waals surface area contributed by atoms with Crippen LogP contribution in [-0.2, 0) is 0 Å². The van der Waals surface area contributed by atoms with E-state index >= 15 is 0 Å². The zero-order valence-corrected chi connectivity index (χ0v) is 22.1. The van der Waals surface area contributed by atoms with Crippen molar-refractivity contribution in [1.29, 1.82) is 0 Å². The lowest BCUT2D eigenvalue weighted by molar-refractivity contribution is 0.104. The average Bonchev–Trinajstić information content (AvgIpc) is 2.98. The fraction of sp³-hybridized carbons (Fsp3) is 0.281. The molecular formula is C32H31F2NO4. The van der Waals surface area contributed by atoms with Gasteiger partial charge in [0, 0.05) is 29.3 Å². The number of ketones is 1. The van der Waals surface area contributed by atoms with Crippen LogP contribution < -0.4 is 14.2 Å². The van der Waals surface area contributed by atoms with Crippen molar-refractivity contribution in [1.82, 2.24) is 4.90 Å². The maximum Gasteiger partial charge on any atom is 0.194 e. The van der Waals surface area contributed by atoms with Gasteiger partial charge in [0.15, 0.2) is 17.4 Å². The molecule has 5 nitrogen and oxygen atoms in total. The van der Waals surface area contributed by atoms with Gasteiger partial charge in [-0.15, -0.1) is 0 Å². The first kappa shape index (κ1) is 26.6. The Kier molecular flexibility index (Phi) is 8.07. The molecule has 39 heavy (non-hydrogen) atoms. The van der Waals surface area contributed by atoms with E-state index in [4.69, 9.17) is 14.2 Å². The molecule has 0 spiro atoms. The number of hydrogen-bond acceptors (Lipinski definition) is 5. The molecule has 1 aliphatic rings. The van der Waals surface area contributed by atoms with E-state index in [1.165, 1.54) is 26.4 Å². The summed E-state index contributed by atoms with van der Waals surface area (Å²) in [5.74, 6) is -0.838. The number of fused-ring (bicyclic) bond motifs is 1. The number of methoxy groups -OCH3 is 2. The molecule has 1 saturated heterocycles. The van der Waals surface area contributed by atoms with Gasteiger partial charge in [-0.25, -0.2) is 8.78 Å². The van der Waals surface area contributed by atoms with E-state index in [-0.39, 0.29) is 17.1 Å². The Morgan fingerprint density at radius 1 is 0.795 bits per heavy atom. The number of benzene rings is 4. The van der Waals surface area contributed by atoms with Crippen molar-refractivity contribution in [2.45, 2.75) is 19.3 Å². The first-order valence-electron chi connectivity index (χ1n) is 13.1. The second kappa shape index (κ2) is 11.8. The van der Waals surface area contributed by atoms with Crippen molar-refractivity contribution in [3.05, 3.63) is 89.5 Å². The van der Waals surface area contributed by atoms with Gasteiger partial charge in [-0.1, -0.05) is 18.6 Å². The highest BCUT2D eigenvalue weighted by Gasteiger charge is 2.22. The molecule has 0 aromatic heterocycles. The number of carbonyl (C=O) groups excluding carboxylic acids is 1. The predicted molar refractivity (Wildman–Crippen MR) is 148 cm³/mol. The number of likely N-dealkylation sites (tertiary alicyclic amines) is 1. The van der Waals surface area contributed by atoms with E-state index in [0.717, 1.165) is 37.2 Å². The normalized spacial score (nSPS) is 13.8. The van der Waals surface area contributed by atoms with Crippen LogP contribution in [0.2, 0.25) is 0 Å². The molecule has 5 rings (SSSR count). The van der Waals surface area contributed by atoms with Gasteiger partial charge in [-0.05, 0) is 90.8 Å². The fourth-order valence-electron chi connectivity index (χ4n) is 5.13.